The molecule has 1 aliphatic rings. The predicted molar refractivity (Wildman–Crippen MR) is 93.1 cm³/mol. The molecule has 0 fully saturated rings. The summed E-state index contributed by atoms with van der Waals surface area (Å²) in [5.41, 5.74) is 6.21. The molecule has 108 valence electrons. The molecular weight excluding hydrogens is 268 g/mol. The summed E-state index contributed by atoms with van der Waals surface area (Å²) in [7, 11) is 2.14. The predicted octanol–water partition coefficient (Wildman–Crippen LogP) is 4.91. The number of nitrogens with one attached hydrogen (secondary N) is 1. The summed E-state index contributed by atoms with van der Waals surface area (Å²) >= 11 is 0. The number of nitrogens with zero attached hydrogens (tertiary/aromatic N) is 1. The molecule has 4 rings (SSSR count). The highest BCUT2D eigenvalue weighted by Crippen LogP contribution is 2.41. The fourth-order valence-corrected chi connectivity index (χ4v) is 3.09. The Morgan fingerprint density at radius 1 is 0.773 bits per heavy atom. The van der Waals surface area contributed by atoms with E-state index in [4.69, 9.17) is 0 Å². The molecule has 22 heavy (non-hydrogen) atoms. The first-order valence-corrected chi connectivity index (χ1v) is 7.57. The Morgan fingerprint density at radius 2 is 1.45 bits per heavy atom. The Bertz CT molecular complexity index is 781. The molecule has 1 N–H and O–H groups in total. The smallest absolute Gasteiger partial charge is 0.125 e. The van der Waals surface area contributed by atoms with Crippen LogP contribution in [0.25, 0.3) is 11.1 Å². The van der Waals surface area contributed by atoms with Gasteiger partial charge in [-0.25, -0.2) is 0 Å². The van der Waals surface area contributed by atoms with Crippen LogP contribution in [0.3, 0.4) is 0 Å². The van der Waals surface area contributed by atoms with Crippen molar-refractivity contribution in [2.24, 2.45) is 0 Å². The minimum absolute atomic E-state index is 0.197. The van der Waals surface area contributed by atoms with Crippen molar-refractivity contribution in [1.82, 2.24) is 0 Å². The molecule has 1 heterocycles. The number of hydrogen-bond acceptors (Lipinski definition) is 2. The van der Waals surface area contributed by atoms with Crippen LogP contribution in [0.2, 0.25) is 0 Å². The van der Waals surface area contributed by atoms with Gasteiger partial charge in [0, 0.05) is 7.05 Å². The Labute approximate surface area is 131 Å². The van der Waals surface area contributed by atoms with Crippen LogP contribution in [0.15, 0.2) is 78.9 Å². The maximum absolute atomic E-state index is 3.64. The molecule has 2 heteroatoms. The van der Waals surface area contributed by atoms with Crippen molar-refractivity contribution >= 4 is 11.4 Å². The molecular formula is C20H18N2. The molecule has 0 saturated heterocycles. The summed E-state index contributed by atoms with van der Waals surface area (Å²) in [4.78, 5) is 2.29. The van der Waals surface area contributed by atoms with Gasteiger partial charge in [0.25, 0.3) is 0 Å². The highest BCUT2D eigenvalue weighted by molar-refractivity contribution is 5.82. The van der Waals surface area contributed by atoms with Crippen LogP contribution < -0.4 is 10.2 Å². The Morgan fingerprint density at radius 3 is 2.18 bits per heavy atom. The number of hydrogen-bond donors (Lipinski definition) is 1. The molecule has 0 spiro atoms. The minimum atomic E-state index is 0.197. The number of rotatable bonds is 2. The molecule has 0 radical (unpaired) electrons. The lowest BCUT2D eigenvalue weighted by Crippen LogP contribution is -2.23. The van der Waals surface area contributed by atoms with Crippen LogP contribution in [0.1, 0.15) is 11.7 Å². The van der Waals surface area contributed by atoms with Crippen LogP contribution in [-0.2, 0) is 0 Å². The zero-order valence-electron chi connectivity index (χ0n) is 12.5. The fourth-order valence-electron chi connectivity index (χ4n) is 3.09. The Balaban J connectivity index is 1.70. The molecule has 1 unspecified atom stereocenters. The maximum Gasteiger partial charge on any atom is 0.125 e. The summed E-state index contributed by atoms with van der Waals surface area (Å²) < 4.78 is 0. The third kappa shape index (κ3) is 2.13. The van der Waals surface area contributed by atoms with Crippen molar-refractivity contribution in [3.05, 3.63) is 84.4 Å². The number of benzene rings is 3. The van der Waals surface area contributed by atoms with Gasteiger partial charge in [-0.3, -0.25) is 0 Å². The first-order chi connectivity index (χ1) is 10.8. The molecule has 3 aromatic carbocycles. The van der Waals surface area contributed by atoms with Crippen molar-refractivity contribution in [2.45, 2.75) is 6.17 Å². The lowest BCUT2D eigenvalue weighted by molar-refractivity contribution is 0.792. The molecule has 2 nitrogen and oxygen atoms in total. The summed E-state index contributed by atoms with van der Waals surface area (Å²) in [5.74, 6) is 0. The molecule has 1 aliphatic heterocycles. The van der Waals surface area contributed by atoms with Crippen molar-refractivity contribution < 1.29 is 0 Å². The maximum atomic E-state index is 3.64. The summed E-state index contributed by atoms with van der Waals surface area (Å²) in [6.45, 7) is 0. The summed E-state index contributed by atoms with van der Waals surface area (Å²) in [5, 5.41) is 3.64. The highest BCUT2D eigenvalue weighted by atomic mass is 15.3. The normalized spacial score (nSPS) is 16.2. The lowest BCUT2D eigenvalue weighted by Gasteiger charge is -2.22. The third-order valence-corrected chi connectivity index (χ3v) is 4.28. The van der Waals surface area contributed by atoms with Gasteiger partial charge in [-0.05, 0) is 28.8 Å². The van der Waals surface area contributed by atoms with Gasteiger partial charge >= 0.3 is 0 Å². The molecule has 0 aromatic heterocycles. The summed E-state index contributed by atoms with van der Waals surface area (Å²) in [6, 6.07) is 27.7. The first kappa shape index (κ1) is 13.0. The van der Waals surface area contributed by atoms with E-state index in [-0.39, 0.29) is 6.17 Å². The monoisotopic (exact) mass is 286 g/mol. The van der Waals surface area contributed by atoms with Gasteiger partial charge < -0.3 is 10.2 Å². The van der Waals surface area contributed by atoms with Crippen LogP contribution in [0, 0.1) is 0 Å². The Kier molecular flexibility index (Phi) is 3.08. The topological polar surface area (TPSA) is 15.3 Å². The second-order valence-corrected chi connectivity index (χ2v) is 5.67. The molecule has 1 atom stereocenters. The van der Waals surface area contributed by atoms with E-state index in [2.05, 4.69) is 90.1 Å². The van der Waals surface area contributed by atoms with Crippen molar-refractivity contribution in [2.75, 3.05) is 17.3 Å². The zero-order valence-corrected chi connectivity index (χ0v) is 12.5. The molecule has 0 bridgehead atoms. The lowest BCUT2D eigenvalue weighted by atomic mass is 10.0. The Hall–Kier alpha value is -2.74. The second kappa shape index (κ2) is 5.23. The molecule has 3 aromatic rings. The number of anilines is 2. The van der Waals surface area contributed by atoms with E-state index >= 15 is 0 Å². The van der Waals surface area contributed by atoms with Gasteiger partial charge in [0.05, 0.1) is 11.4 Å². The first-order valence-electron chi connectivity index (χ1n) is 7.57. The zero-order chi connectivity index (χ0) is 14.9. The quantitative estimate of drug-likeness (QED) is 0.719. The van der Waals surface area contributed by atoms with E-state index in [0.29, 0.717) is 0 Å². The van der Waals surface area contributed by atoms with Gasteiger partial charge in [-0.15, -0.1) is 0 Å². The standard InChI is InChI=1S/C20H18N2/c1-22-19-13-12-17(15-8-4-2-5-9-15)14-18(19)21-20(22)16-10-6-3-7-11-16/h2-14,20-21H,1H3. The third-order valence-electron chi connectivity index (χ3n) is 4.28. The number of fused-ring (bicyclic) bond motifs is 1. The van der Waals surface area contributed by atoms with Gasteiger partial charge in [0.2, 0.25) is 0 Å². The summed E-state index contributed by atoms with van der Waals surface area (Å²) in [6.07, 6.45) is 0.197. The van der Waals surface area contributed by atoms with Crippen molar-refractivity contribution in [1.29, 1.82) is 0 Å². The van der Waals surface area contributed by atoms with Gasteiger partial charge in [0.1, 0.15) is 6.17 Å². The van der Waals surface area contributed by atoms with E-state index in [1.165, 1.54) is 28.1 Å². The van der Waals surface area contributed by atoms with E-state index in [9.17, 15) is 0 Å². The fraction of sp³-hybridized carbons (Fsp3) is 0.100. The van der Waals surface area contributed by atoms with E-state index < -0.39 is 0 Å². The second-order valence-electron chi connectivity index (χ2n) is 5.67. The van der Waals surface area contributed by atoms with E-state index in [1.54, 1.807) is 0 Å². The molecule has 0 saturated carbocycles. The van der Waals surface area contributed by atoms with E-state index in [0.717, 1.165) is 0 Å². The minimum Gasteiger partial charge on any atom is -0.360 e. The average molecular weight is 286 g/mol. The van der Waals surface area contributed by atoms with Gasteiger partial charge in [0.15, 0.2) is 0 Å². The molecule has 0 aliphatic carbocycles. The van der Waals surface area contributed by atoms with E-state index in [1.807, 2.05) is 6.07 Å². The average Bonchev–Trinajstić information content (AvgIpc) is 2.93. The van der Waals surface area contributed by atoms with Crippen LogP contribution in [0.5, 0.6) is 0 Å². The van der Waals surface area contributed by atoms with Crippen molar-refractivity contribution in [3.8, 4) is 11.1 Å². The largest absolute Gasteiger partial charge is 0.360 e. The highest BCUT2D eigenvalue weighted by Gasteiger charge is 2.26. The van der Waals surface area contributed by atoms with Crippen LogP contribution in [-0.4, -0.2) is 7.05 Å². The van der Waals surface area contributed by atoms with Gasteiger partial charge in [-0.1, -0.05) is 66.7 Å². The van der Waals surface area contributed by atoms with Gasteiger partial charge in [-0.2, -0.15) is 0 Å². The molecule has 0 amide bonds. The SMILES string of the molecule is CN1c2ccc(-c3ccccc3)cc2NC1c1ccccc1. The van der Waals surface area contributed by atoms with Crippen LogP contribution >= 0.6 is 0 Å². The van der Waals surface area contributed by atoms with Crippen LogP contribution in [0.4, 0.5) is 11.4 Å². The van der Waals surface area contributed by atoms with Crippen molar-refractivity contribution in [3.63, 3.8) is 0 Å².